The van der Waals surface area contributed by atoms with Gasteiger partial charge in [-0.25, -0.2) is 0 Å². The molecule has 1 aromatic carbocycles. The first-order valence-electron chi connectivity index (χ1n) is 8.84. The van der Waals surface area contributed by atoms with Crippen LogP contribution in [0.5, 0.6) is 0 Å². The van der Waals surface area contributed by atoms with Crippen molar-refractivity contribution in [1.29, 1.82) is 0 Å². The molecular weight excluding hydrogens is 455 g/mol. The summed E-state index contributed by atoms with van der Waals surface area (Å²) in [7, 11) is 1.69. The smallest absolute Gasteiger partial charge is 0.239 e. The van der Waals surface area contributed by atoms with Gasteiger partial charge in [0.25, 0.3) is 0 Å². The van der Waals surface area contributed by atoms with Crippen LogP contribution >= 0.6 is 24.0 Å². The standard InChI is InChI=1S/C19H28N6O.HI/c1-15-12-16(2)25(24-15)11-7-10-21-19(20-3)23-14-18(26)22-13-17-8-5-4-6-9-17;/h4-6,8-9,12H,7,10-11,13-14H2,1-3H3,(H,22,26)(H2,20,21,23);1H. The second-order valence-corrected chi connectivity index (χ2v) is 6.12. The summed E-state index contributed by atoms with van der Waals surface area (Å²) in [5, 5.41) is 13.6. The van der Waals surface area contributed by atoms with E-state index in [1.807, 2.05) is 41.9 Å². The fourth-order valence-corrected chi connectivity index (χ4v) is 2.58. The van der Waals surface area contributed by atoms with Crippen molar-refractivity contribution in [1.82, 2.24) is 25.7 Å². The molecule has 148 valence electrons. The predicted octanol–water partition coefficient (Wildman–Crippen LogP) is 1.99. The number of hydrogen-bond donors (Lipinski definition) is 3. The first-order valence-corrected chi connectivity index (χ1v) is 8.84. The van der Waals surface area contributed by atoms with Gasteiger partial charge in [-0.2, -0.15) is 5.10 Å². The van der Waals surface area contributed by atoms with Gasteiger partial charge in [-0.1, -0.05) is 30.3 Å². The Morgan fingerprint density at radius 3 is 2.52 bits per heavy atom. The molecule has 1 heterocycles. The predicted molar refractivity (Wildman–Crippen MR) is 119 cm³/mol. The first kappa shape index (κ1) is 22.9. The average molecular weight is 484 g/mol. The van der Waals surface area contributed by atoms with Crippen LogP contribution in [-0.4, -0.2) is 41.8 Å². The zero-order valence-corrected chi connectivity index (χ0v) is 18.5. The van der Waals surface area contributed by atoms with E-state index in [1.54, 1.807) is 7.05 Å². The maximum atomic E-state index is 11.9. The van der Waals surface area contributed by atoms with Crippen molar-refractivity contribution < 1.29 is 4.79 Å². The lowest BCUT2D eigenvalue weighted by molar-refractivity contribution is -0.120. The number of nitrogens with one attached hydrogen (secondary N) is 3. The minimum atomic E-state index is -0.0700. The Bertz CT molecular complexity index is 729. The molecule has 8 heteroatoms. The molecule has 0 bridgehead atoms. The average Bonchev–Trinajstić information content (AvgIpc) is 2.97. The number of nitrogens with zero attached hydrogens (tertiary/aromatic N) is 3. The second kappa shape index (κ2) is 12.3. The Balaban J connectivity index is 0.00000364. The third-order valence-electron chi connectivity index (χ3n) is 3.91. The van der Waals surface area contributed by atoms with Gasteiger partial charge in [0.05, 0.1) is 12.2 Å². The van der Waals surface area contributed by atoms with Gasteiger partial charge in [-0.15, -0.1) is 24.0 Å². The number of halogens is 1. The Labute approximate surface area is 178 Å². The van der Waals surface area contributed by atoms with Crippen LogP contribution in [0.2, 0.25) is 0 Å². The fraction of sp³-hybridized carbons (Fsp3) is 0.421. The van der Waals surface area contributed by atoms with Gasteiger partial charge < -0.3 is 16.0 Å². The Hall–Kier alpha value is -2.10. The molecular formula is C19H29IN6O. The minimum Gasteiger partial charge on any atom is -0.356 e. The van der Waals surface area contributed by atoms with E-state index < -0.39 is 0 Å². The van der Waals surface area contributed by atoms with Crippen molar-refractivity contribution in [2.45, 2.75) is 33.4 Å². The lowest BCUT2D eigenvalue weighted by atomic mass is 10.2. The highest BCUT2D eigenvalue weighted by molar-refractivity contribution is 14.0. The fourth-order valence-electron chi connectivity index (χ4n) is 2.58. The Morgan fingerprint density at radius 1 is 1.15 bits per heavy atom. The number of carbonyl (C=O) groups is 1. The summed E-state index contributed by atoms with van der Waals surface area (Å²) in [5.74, 6) is 0.549. The van der Waals surface area contributed by atoms with Crippen LogP contribution < -0.4 is 16.0 Å². The molecule has 3 N–H and O–H groups in total. The van der Waals surface area contributed by atoms with Gasteiger partial charge in [0.15, 0.2) is 5.96 Å². The zero-order chi connectivity index (χ0) is 18.8. The molecule has 0 saturated carbocycles. The van der Waals surface area contributed by atoms with Crippen molar-refractivity contribution in [3.63, 3.8) is 0 Å². The lowest BCUT2D eigenvalue weighted by Gasteiger charge is -2.12. The number of aliphatic imine (C=N–C) groups is 1. The summed E-state index contributed by atoms with van der Waals surface area (Å²) in [4.78, 5) is 16.1. The summed E-state index contributed by atoms with van der Waals surface area (Å²) in [6.07, 6.45) is 0.920. The third-order valence-corrected chi connectivity index (χ3v) is 3.91. The van der Waals surface area contributed by atoms with Gasteiger partial charge in [0.2, 0.25) is 5.91 Å². The number of carbonyl (C=O) groups excluding carboxylic acids is 1. The largest absolute Gasteiger partial charge is 0.356 e. The van der Waals surface area contributed by atoms with E-state index in [0.717, 1.165) is 30.8 Å². The highest BCUT2D eigenvalue weighted by Gasteiger charge is 2.04. The molecule has 0 aliphatic rings. The Morgan fingerprint density at radius 2 is 1.89 bits per heavy atom. The van der Waals surface area contributed by atoms with Crippen molar-refractivity contribution in [3.05, 3.63) is 53.3 Å². The summed E-state index contributed by atoms with van der Waals surface area (Å²) in [6, 6.07) is 11.9. The van der Waals surface area contributed by atoms with Crippen LogP contribution in [0.3, 0.4) is 0 Å². The van der Waals surface area contributed by atoms with Crippen LogP contribution in [0, 0.1) is 13.8 Å². The molecule has 0 unspecified atom stereocenters. The van der Waals surface area contributed by atoms with Gasteiger partial charge >= 0.3 is 0 Å². The van der Waals surface area contributed by atoms with Crippen molar-refractivity contribution in [3.8, 4) is 0 Å². The van der Waals surface area contributed by atoms with Gasteiger partial charge in [0, 0.05) is 32.4 Å². The highest BCUT2D eigenvalue weighted by Crippen LogP contribution is 2.02. The highest BCUT2D eigenvalue weighted by atomic mass is 127. The number of amides is 1. The number of guanidine groups is 1. The van der Waals surface area contributed by atoms with Crippen LogP contribution in [0.4, 0.5) is 0 Å². The summed E-state index contributed by atoms with van der Waals surface area (Å²) in [6.45, 7) is 6.36. The number of rotatable bonds is 8. The summed E-state index contributed by atoms with van der Waals surface area (Å²) >= 11 is 0. The van der Waals surface area contributed by atoms with Gasteiger partial charge in [0.1, 0.15) is 0 Å². The zero-order valence-electron chi connectivity index (χ0n) is 16.2. The second-order valence-electron chi connectivity index (χ2n) is 6.12. The molecule has 0 radical (unpaired) electrons. The molecule has 0 atom stereocenters. The third kappa shape index (κ3) is 8.42. The van der Waals surface area contributed by atoms with Gasteiger partial charge in [-0.05, 0) is 31.9 Å². The van der Waals surface area contributed by atoms with E-state index in [9.17, 15) is 4.79 Å². The molecule has 0 spiro atoms. The molecule has 2 aromatic rings. The molecule has 27 heavy (non-hydrogen) atoms. The minimum absolute atomic E-state index is 0. The van der Waals surface area contributed by atoms with Crippen LogP contribution in [0.15, 0.2) is 41.4 Å². The molecule has 1 aromatic heterocycles. The summed E-state index contributed by atoms with van der Waals surface area (Å²) < 4.78 is 2.00. The van der Waals surface area contributed by atoms with E-state index in [-0.39, 0.29) is 36.4 Å². The van der Waals surface area contributed by atoms with Crippen molar-refractivity contribution >= 4 is 35.8 Å². The maximum absolute atomic E-state index is 11.9. The van der Waals surface area contributed by atoms with E-state index in [1.165, 1.54) is 5.69 Å². The van der Waals surface area contributed by atoms with E-state index in [0.29, 0.717) is 12.5 Å². The van der Waals surface area contributed by atoms with Crippen LogP contribution in [-0.2, 0) is 17.9 Å². The molecule has 0 aliphatic heterocycles. The lowest BCUT2D eigenvalue weighted by Crippen LogP contribution is -2.43. The van der Waals surface area contributed by atoms with E-state index in [2.05, 4.69) is 39.0 Å². The van der Waals surface area contributed by atoms with Crippen LogP contribution in [0.25, 0.3) is 0 Å². The topological polar surface area (TPSA) is 83.3 Å². The molecule has 1 amide bonds. The normalized spacial score (nSPS) is 10.9. The van der Waals surface area contributed by atoms with E-state index >= 15 is 0 Å². The number of aromatic nitrogens is 2. The Kier molecular flexibility index (Phi) is 10.5. The van der Waals surface area contributed by atoms with Crippen LogP contribution in [0.1, 0.15) is 23.4 Å². The van der Waals surface area contributed by atoms with E-state index in [4.69, 9.17) is 0 Å². The van der Waals surface area contributed by atoms with Crippen molar-refractivity contribution in [2.75, 3.05) is 20.1 Å². The molecule has 0 aliphatic carbocycles. The molecule has 0 saturated heterocycles. The number of aryl methyl sites for hydroxylation is 3. The number of benzene rings is 1. The first-order chi connectivity index (χ1) is 12.6. The van der Waals surface area contributed by atoms with Gasteiger partial charge in [-0.3, -0.25) is 14.5 Å². The summed E-state index contributed by atoms with van der Waals surface area (Å²) in [5.41, 5.74) is 3.28. The monoisotopic (exact) mass is 484 g/mol. The molecule has 2 rings (SSSR count). The van der Waals surface area contributed by atoms with Crippen molar-refractivity contribution in [2.24, 2.45) is 4.99 Å². The maximum Gasteiger partial charge on any atom is 0.239 e. The SMILES string of the molecule is CN=C(NCCCn1nc(C)cc1C)NCC(=O)NCc1ccccc1.I. The quantitative estimate of drug-likeness (QED) is 0.232. The number of hydrogen-bond acceptors (Lipinski definition) is 3. The molecule has 0 fully saturated rings. The molecule has 7 nitrogen and oxygen atoms in total.